The Labute approximate surface area is 99.5 Å². The van der Waals surface area contributed by atoms with Crippen molar-refractivity contribution in [1.29, 1.82) is 0 Å². The molecule has 1 aromatic rings. The van der Waals surface area contributed by atoms with Crippen molar-refractivity contribution in [2.45, 2.75) is 6.42 Å². The minimum atomic E-state index is 0.573. The first kappa shape index (κ1) is 9.61. The van der Waals surface area contributed by atoms with Gasteiger partial charge in [0.1, 0.15) is 5.17 Å². The number of rotatable bonds is 0. The van der Waals surface area contributed by atoms with Crippen LogP contribution in [-0.4, -0.2) is 5.17 Å². The Balaban J connectivity index is 2.25. The van der Waals surface area contributed by atoms with E-state index in [4.69, 9.17) is 11.6 Å². The van der Waals surface area contributed by atoms with Crippen LogP contribution in [0.25, 0.3) is 6.08 Å². The summed E-state index contributed by atoms with van der Waals surface area (Å²) >= 11 is 6.22. The lowest BCUT2D eigenvalue weighted by molar-refractivity contribution is 1.18. The molecular weight excluding hydrogens is 218 g/mol. The molecule has 0 fully saturated rings. The fraction of sp³-hybridized carbons (Fsp3) is 0.0714. The Morgan fingerprint density at radius 2 is 2.06 bits per heavy atom. The fourth-order valence-corrected chi connectivity index (χ4v) is 2.24. The first-order valence-corrected chi connectivity index (χ1v) is 5.64. The van der Waals surface area contributed by atoms with Crippen LogP contribution in [0, 0.1) is 0 Å². The third-order valence-electron chi connectivity index (χ3n) is 2.79. The number of fused-ring (bicyclic) bond motifs is 2. The van der Waals surface area contributed by atoms with Crippen molar-refractivity contribution in [3.05, 3.63) is 64.9 Å². The molecule has 2 aliphatic rings. The number of benzene rings is 1. The van der Waals surface area contributed by atoms with E-state index in [1.165, 1.54) is 5.57 Å². The van der Waals surface area contributed by atoms with Crippen molar-refractivity contribution in [2.75, 3.05) is 0 Å². The highest BCUT2D eigenvalue weighted by atomic mass is 35.5. The highest BCUT2D eigenvalue weighted by Gasteiger charge is 2.14. The molecule has 0 spiro atoms. The fourth-order valence-electron chi connectivity index (χ4n) is 1.97. The zero-order valence-electron chi connectivity index (χ0n) is 8.65. The first-order valence-electron chi connectivity index (χ1n) is 5.26. The molecule has 16 heavy (non-hydrogen) atoms. The molecule has 1 aliphatic heterocycles. The molecule has 2 heteroatoms. The summed E-state index contributed by atoms with van der Waals surface area (Å²) < 4.78 is 0. The molecule has 1 aromatic carbocycles. The SMILES string of the molecule is ClC1=NC2=CC=CCC2=Cc2ccccc21. The average molecular weight is 228 g/mol. The summed E-state index contributed by atoms with van der Waals surface area (Å²) in [6.45, 7) is 0. The second kappa shape index (κ2) is 3.76. The van der Waals surface area contributed by atoms with E-state index in [1.807, 2.05) is 30.4 Å². The minimum absolute atomic E-state index is 0.573. The van der Waals surface area contributed by atoms with E-state index in [1.54, 1.807) is 0 Å². The maximum absolute atomic E-state index is 6.22. The van der Waals surface area contributed by atoms with Gasteiger partial charge in [-0.25, -0.2) is 4.99 Å². The number of hydrogen-bond acceptors (Lipinski definition) is 1. The van der Waals surface area contributed by atoms with E-state index in [-0.39, 0.29) is 0 Å². The van der Waals surface area contributed by atoms with E-state index in [9.17, 15) is 0 Å². The number of allylic oxidation sites excluding steroid dienone is 4. The molecule has 0 radical (unpaired) electrons. The monoisotopic (exact) mass is 227 g/mol. The zero-order valence-corrected chi connectivity index (χ0v) is 9.41. The molecule has 3 rings (SSSR count). The Hall–Kier alpha value is -1.60. The molecule has 0 atom stereocenters. The predicted molar refractivity (Wildman–Crippen MR) is 68.6 cm³/mol. The van der Waals surface area contributed by atoms with Gasteiger partial charge in [-0.15, -0.1) is 0 Å². The molecule has 0 aromatic heterocycles. The van der Waals surface area contributed by atoms with Gasteiger partial charge in [-0.3, -0.25) is 0 Å². The van der Waals surface area contributed by atoms with Crippen LogP contribution in [0.2, 0.25) is 0 Å². The Bertz CT molecular complexity index is 562. The quantitative estimate of drug-likeness (QED) is 0.637. The van der Waals surface area contributed by atoms with Gasteiger partial charge in [-0.05, 0) is 29.7 Å². The van der Waals surface area contributed by atoms with Crippen molar-refractivity contribution in [3.8, 4) is 0 Å². The van der Waals surface area contributed by atoms with E-state index in [2.05, 4.69) is 23.2 Å². The maximum atomic E-state index is 6.22. The van der Waals surface area contributed by atoms with Crippen molar-refractivity contribution in [3.63, 3.8) is 0 Å². The molecule has 0 saturated heterocycles. The van der Waals surface area contributed by atoms with Crippen LogP contribution in [0.3, 0.4) is 0 Å². The minimum Gasteiger partial charge on any atom is -0.236 e. The van der Waals surface area contributed by atoms with E-state index in [0.29, 0.717) is 5.17 Å². The molecule has 0 amide bonds. The van der Waals surface area contributed by atoms with Gasteiger partial charge in [0.2, 0.25) is 0 Å². The molecular formula is C14H10ClN. The Morgan fingerprint density at radius 1 is 1.19 bits per heavy atom. The predicted octanol–water partition coefficient (Wildman–Crippen LogP) is 3.91. The molecule has 78 valence electrons. The summed E-state index contributed by atoms with van der Waals surface area (Å²) in [6, 6.07) is 8.08. The third-order valence-corrected chi connectivity index (χ3v) is 3.08. The molecule has 1 aliphatic carbocycles. The van der Waals surface area contributed by atoms with Crippen LogP contribution in [-0.2, 0) is 0 Å². The third kappa shape index (κ3) is 1.54. The molecule has 1 nitrogen and oxygen atoms in total. The summed E-state index contributed by atoms with van der Waals surface area (Å²) in [5.74, 6) is 0. The number of hydrogen-bond donors (Lipinski definition) is 0. The van der Waals surface area contributed by atoms with Crippen LogP contribution in [0.1, 0.15) is 17.5 Å². The molecule has 0 unspecified atom stereocenters. The Morgan fingerprint density at radius 3 is 3.00 bits per heavy atom. The standard InChI is InChI=1S/C14H10ClN/c15-14-12-7-3-1-5-10(12)9-11-6-2-4-8-13(11)16-14/h1-5,7-9H,6H2. The summed E-state index contributed by atoms with van der Waals surface area (Å²) in [5, 5.41) is 0.573. The summed E-state index contributed by atoms with van der Waals surface area (Å²) in [5.41, 5.74) is 4.35. The summed E-state index contributed by atoms with van der Waals surface area (Å²) in [7, 11) is 0. The molecule has 0 saturated carbocycles. The second-order valence-electron chi connectivity index (χ2n) is 3.84. The van der Waals surface area contributed by atoms with Crippen LogP contribution < -0.4 is 0 Å². The van der Waals surface area contributed by atoms with Gasteiger partial charge in [-0.2, -0.15) is 0 Å². The smallest absolute Gasteiger partial charge is 0.137 e. The van der Waals surface area contributed by atoms with Crippen LogP contribution in [0.15, 0.2) is 58.8 Å². The number of aliphatic imine (C=N–C) groups is 1. The average Bonchev–Trinajstić information content (AvgIpc) is 2.45. The molecule has 0 bridgehead atoms. The largest absolute Gasteiger partial charge is 0.236 e. The van der Waals surface area contributed by atoms with Crippen molar-refractivity contribution >= 4 is 22.8 Å². The van der Waals surface area contributed by atoms with Crippen LogP contribution in [0.5, 0.6) is 0 Å². The van der Waals surface area contributed by atoms with Gasteiger partial charge in [0.25, 0.3) is 0 Å². The van der Waals surface area contributed by atoms with Crippen LogP contribution in [0.4, 0.5) is 0 Å². The lowest BCUT2D eigenvalue weighted by Crippen LogP contribution is -1.93. The van der Waals surface area contributed by atoms with Gasteiger partial charge in [0.05, 0.1) is 5.70 Å². The summed E-state index contributed by atoms with van der Waals surface area (Å²) in [4.78, 5) is 4.46. The highest BCUT2D eigenvalue weighted by molar-refractivity contribution is 6.70. The van der Waals surface area contributed by atoms with Gasteiger partial charge < -0.3 is 0 Å². The van der Waals surface area contributed by atoms with Gasteiger partial charge in [-0.1, -0.05) is 48.0 Å². The van der Waals surface area contributed by atoms with E-state index >= 15 is 0 Å². The lowest BCUT2D eigenvalue weighted by Gasteiger charge is -2.06. The van der Waals surface area contributed by atoms with Crippen molar-refractivity contribution in [2.24, 2.45) is 4.99 Å². The number of nitrogens with zero attached hydrogens (tertiary/aromatic N) is 1. The van der Waals surface area contributed by atoms with Gasteiger partial charge in [0.15, 0.2) is 0 Å². The Kier molecular flexibility index (Phi) is 2.26. The topological polar surface area (TPSA) is 12.4 Å². The van der Waals surface area contributed by atoms with Gasteiger partial charge in [0, 0.05) is 5.56 Å². The van der Waals surface area contributed by atoms with Crippen molar-refractivity contribution in [1.82, 2.24) is 0 Å². The maximum Gasteiger partial charge on any atom is 0.137 e. The highest BCUT2D eigenvalue weighted by Crippen LogP contribution is 2.29. The molecule has 1 heterocycles. The van der Waals surface area contributed by atoms with E-state index < -0.39 is 0 Å². The van der Waals surface area contributed by atoms with E-state index in [0.717, 1.165) is 23.2 Å². The normalized spacial score (nSPS) is 17.7. The lowest BCUT2D eigenvalue weighted by atomic mass is 10.0. The van der Waals surface area contributed by atoms with Crippen molar-refractivity contribution < 1.29 is 0 Å². The summed E-state index contributed by atoms with van der Waals surface area (Å²) in [6.07, 6.45) is 9.25. The molecule has 0 N–H and O–H groups in total. The first-order chi connectivity index (χ1) is 7.84. The zero-order chi connectivity index (χ0) is 11.0. The second-order valence-corrected chi connectivity index (χ2v) is 4.20. The van der Waals surface area contributed by atoms with Gasteiger partial charge >= 0.3 is 0 Å². The number of halogens is 1. The van der Waals surface area contributed by atoms with Crippen LogP contribution >= 0.6 is 11.6 Å².